The summed E-state index contributed by atoms with van der Waals surface area (Å²) in [4.78, 5) is 71.7. The number of benzene rings is 1. The number of hydrogen-bond donors (Lipinski definition) is 7. The number of phosphoric acid groups is 3. The Kier molecular flexibility index (Phi) is 8.33. The van der Waals surface area contributed by atoms with Crippen molar-refractivity contribution < 1.29 is 60.7 Å². The monoisotopic (exact) mass is 626 g/mol. The van der Waals surface area contributed by atoms with Gasteiger partial charge in [0.1, 0.15) is 18.4 Å². The van der Waals surface area contributed by atoms with Gasteiger partial charge in [-0.1, -0.05) is 12.1 Å². The van der Waals surface area contributed by atoms with Gasteiger partial charge in [0.05, 0.1) is 18.5 Å². The summed E-state index contributed by atoms with van der Waals surface area (Å²) in [5.74, 6) is -1.13. The van der Waals surface area contributed by atoms with Gasteiger partial charge in [0.15, 0.2) is 11.2 Å². The van der Waals surface area contributed by atoms with Crippen molar-refractivity contribution in [2.45, 2.75) is 24.9 Å². The average molecular weight is 626 g/mol. The molecule has 1 aliphatic heterocycles. The van der Waals surface area contributed by atoms with Crippen LogP contribution in [0.1, 0.15) is 23.0 Å². The summed E-state index contributed by atoms with van der Waals surface area (Å²) in [6.45, 7) is -0.925. The van der Waals surface area contributed by atoms with E-state index in [1.807, 2.05) is 0 Å². The number of esters is 1. The quantitative estimate of drug-likeness (QED) is 0.0893. The van der Waals surface area contributed by atoms with Crippen molar-refractivity contribution in [2.24, 2.45) is 0 Å². The number of carbonyl (C=O) groups excluding carboxylic acids is 1. The summed E-state index contributed by atoms with van der Waals surface area (Å²) in [6, 6.07) is 5.94. The highest BCUT2D eigenvalue weighted by atomic mass is 31.3. The van der Waals surface area contributed by atoms with Gasteiger partial charge in [0, 0.05) is 12.1 Å². The number of nitrogen functional groups attached to an aromatic ring is 2. The van der Waals surface area contributed by atoms with Gasteiger partial charge in [-0.15, -0.1) is 0 Å². The number of para-hydroxylation sites is 1. The van der Waals surface area contributed by atoms with Crippen LogP contribution in [-0.4, -0.2) is 63.9 Å². The van der Waals surface area contributed by atoms with E-state index in [0.29, 0.717) is 0 Å². The zero-order valence-electron chi connectivity index (χ0n) is 19.7. The van der Waals surface area contributed by atoms with Crippen LogP contribution in [-0.2, 0) is 36.3 Å². The van der Waals surface area contributed by atoms with Crippen LogP contribution >= 0.6 is 23.5 Å². The molecule has 2 unspecified atom stereocenters. The van der Waals surface area contributed by atoms with Gasteiger partial charge >= 0.3 is 29.4 Å². The minimum absolute atomic E-state index is 0.00262. The molecule has 9 N–H and O–H groups in total. The molecule has 1 aromatic carbocycles. The molecular formula is C17H21N6O14P3. The topological polar surface area (TPSA) is 311 Å². The largest absolute Gasteiger partial charge is 0.490 e. The SMILES string of the molecule is Nc1nc2c(ncn2[C@H]2C[C@H](OC(=O)c3ccccc3N)[C@@H](COP(=O)(O)OP(=O)(O)OP(=O)(O)O)O2)c(=O)[nH]1. The van der Waals surface area contributed by atoms with E-state index >= 15 is 0 Å². The van der Waals surface area contributed by atoms with Gasteiger partial charge in [-0.05, 0) is 12.1 Å². The van der Waals surface area contributed by atoms with Crippen LogP contribution in [0.5, 0.6) is 0 Å². The Balaban J connectivity index is 1.57. The second-order valence-corrected chi connectivity index (χ2v) is 12.5. The fraction of sp³-hybridized carbons (Fsp3) is 0.294. The predicted molar refractivity (Wildman–Crippen MR) is 131 cm³/mol. The van der Waals surface area contributed by atoms with Crippen molar-refractivity contribution >= 4 is 52.2 Å². The van der Waals surface area contributed by atoms with Crippen LogP contribution in [0.2, 0.25) is 0 Å². The highest BCUT2D eigenvalue weighted by molar-refractivity contribution is 7.66. The minimum atomic E-state index is -5.78. The molecule has 1 aliphatic rings. The number of rotatable bonds is 10. The third kappa shape index (κ3) is 7.20. The Morgan fingerprint density at radius 2 is 1.82 bits per heavy atom. The third-order valence-corrected chi connectivity index (χ3v) is 9.00. The number of phosphoric ester groups is 1. The van der Waals surface area contributed by atoms with E-state index < -0.39 is 60.0 Å². The van der Waals surface area contributed by atoms with E-state index in [2.05, 4.69) is 28.1 Å². The van der Waals surface area contributed by atoms with E-state index in [0.717, 1.165) is 0 Å². The number of H-pyrrole nitrogens is 1. The molecule has 0 spiro atoms. The zero-order chi connectivity index (χ0) is 29.5. The van der Waals surface area contributed by atoms with E-state index in [1.165, 1.54) is 29.1 Å². The number of anilines is 2. The van der Waals surface area contributed by atoms with Crippen molar-refractivity contribution in [1.29, 1.82) is 0 Å². The summed E-state index contributed by atoms with van der Waals surface area (Å²) in [5, 5.41) is 0. The summed E-state index contributed by atoms with van der Waals surface area (Å²) in [6.07, 6.45) is -2.60. The molecule has 20 nitrogen and oxygen atoms in total. The van der Waals surface area contributed by atoms with Gasteiger partial charge < -0.3 is 40.5 Å². The number of hydrogen-bond acceptors (Lipinski definition) is 14. The Labute approximate surface area is 222 Å². The summed E-state index contributed by atoms with van der Waals surface area (Å²) < 4.78 is 59.3. The first-order valence-electron chi connectivity index (χ1n) is 10.8. The van der Waals surface area contributed by atoms with Crippen LogP contribution in [0.15, 0.2) is 35.4 Å². The standard InChI is InChI=1S/C17H21N6O14P3/c18-9-4-2-1-3-8(9)16(25)35-10-5-12(23-7-20-13-14(23)21-17(19)22-15(13)24)34-11(10)6-33-39(29,30)37-40(31,32)36-38(26,27)28/h1-4,7,10-12H,5-6,18H2,(H,29,30)(H,31,32)(H2,26,27,28)(H3,19,21,22,24)/t10-,11+,12+/m0/s1. The van der Waals surface area contributed by atoms with Crippen molar-refractivity contribution in [3.63, 3.8) is 0 Å². The fourth-order valence-corrected chi connectivity index (χ4v) is 6.68. The first kappa shape index (κ1) is 30.0. The molecule has 3 aromatic rings. The molecule has 0 aliphatic carbocycles. The number of aromatic nitrogens is 4. The molecule has 5 atom stereocenters. The van der Waals surface area contributed by atoms with Crippen LogP contribution in [0, 0.1) is 0 Å². The average Bonchev–Trinajstić information content (AvgIpc) is 3.39. The lowest BCUT2D eigenvalue weighted by Gasteiger charge is -2.21. The van der Waals surface area contributed by atoms with Crippen LogP contribution in [0.3, 0.4) is 0 Å². The first-order chi connectivity index (χ1) is 18.5. The second-order valence-electron chi connectivity index (χ2n) is 8.06. The van der Waals surface area contributed by atoms with Crippen molar-refractivity contribution in [3.8, 4) is 0 Å². The number of nitrogens with zero attached hydrogens (tertiary/aromatic N) is 3. The summed E-state index contributed by atoms with van der Waals surface area (Å²) in [7, 11) is -16.9. The normalized spacial score (nSPS) is 22.6. The van der Waals surface area contributed by atoms with E-state index in [-0.39, 0.29) is 34.8 Å². The zero-order valence-corrected chi connectivity index (χ0v) is 22.4. The summed E-state index contributed by atoms with van der Waals surface area (Å²) in [5.41, 5.74) is 10.8. The van der Waals surface area contributed by atoms with E-state index in [9.17, 15) is 33.1 Å². The number of fused-ring (bicyclic) bond motifs is 1. The minimum Gasteiger partial charge on any atom is -0.456 e. The molecule has 3 heterocycles. The molecule has 0 radical (unpaired) electrons. The van der Waals surface area contributed by atoms with Gasteiger partial charge in [0.2, 0.25) is 5.95 Å². The molecule has 1 saturated heterocycles. The Morgan fingerprint density at radius 3 is 2.50 bits per heavy atom. The van der Waals surface area contributed by atoms with Gasteiger partial charge in [0.25, 0.3) is 5.56 Å². The predicted octanol–water partition coefficient (Wildman–Crippen LogP) is 0.140. The summed E-state index contributed by atoms with van der Waals surface area (Å²) >= 11 is 0. The van der Waals surface area contributed by atoms with Crippen LogP contribution < -0.4 is 17.0 Å². The van der Waals surface area contributed by atoms with Crippen LogP contribution in [0.25, 0.3) is 11.2 Å². The van der Waals surface area contributed by atoms with Crippen molar-refractivity contribution in [1.82, 2.24) is 19.5 Å². The lowest BCUT2D eigenvalue weighted by Crippen LogP contribution is -2.31. The Bertz CT molecular complexity index is 1640. The Hall–Kier alpha value is -2.99. The van der Waals surface area contributed by atoms with Gasteiger partial charge in [-0.3, -0.25) is 18.9 Å². The number of nitrogens with two attached hydrogens (primary N) is 2. The smallest absolute Gasteiger partial charge is 0.456 e. The lowest BCUT2D eigenvalue weighted by molar-refractivity contribution is -0.0489. The molecule has 23 heteroatoms. The van der Waals surface area contributed by atoms with Gasteiger partial charge in [-0.2, -0.15) is 13.6 Å². The van der Waals surface area contributed by atoms with E-state index in [4.69, 9.17) is 30.7 Å². The molecule has 0 amide bonds. The molecule has 40 heavy (non-hydrogen) atoms. The number of nitrogens with one attached hydrogen (secondary N) is 1. The third-order valence-electron chi connectivity index (χ3n) is 5.20. The number of carbonyl (C=O) groups is 1. The molecular weight excluding hydrogens is 605 g/mol. The molecule has 2 aromatic heterocycles. The van der Waals surface area contributed by atoms with E-state index in [1.54, 1.807) is 6.07 Å². The maximum Gasteiger partial charge on any atom is 0.490 e. The molecule has 0 bridgehead atoms. The van der Waals surface area contributed by atoms with Gasteiger partial charge in [-0.25, -0.2) is 23.5 Å². The number of ether oxygens (including phenoxy) is 2. The Morgan fingerprint density at radius 1 is 1.12 bits per heavy atom. The maximum atomic E-state index is 12.8. The second kappa shape index (κ2) is 11.1. The van der Waals surface area contributed by atoms with Crippen molar-refractivity contribution in [3.05, 3.63) is 46.5 Å². The first-order valence-corrected chi connectivity index (χ1v) is 15.3. The van der Waals surface area contributed by atoms with Crippen LogP contribution in [0.4, 0.5) is 11.6 Å². The van der Waals surface area contributed by atoms with Crippen molar-refractivity contribution in [2.75, 3.05) is 18.1 Å². The molecule has 218 valence electrons. The highest BCUT2D eigenvalue weighted by Gasteiger charge is 2.44. The molecule has 1 fully saturated rings. The lowest BCUT2D eigenvalue weighted by atomic mass is 10.1. The molecule has 0 saturated carbocycles. The maximum absolute atomic E-state index is 12.8. The fourth-order valence-electron chi connectivity index (χ4n) is 3.65. The highest BCUT2D eigenvalue weighted by Crippen LogP contribution is 2.66. The molecule has 4 rings (SSSR count). The number of imidazole rings is 1. The number of aromatic amines is 1.